The van der Waals surface area contributed by atoms with Crippen molar-refractivity contribution in [1.29, 1.82) is 0 Å². The highest BCUT2D eigenvalue weighted by Crippen LogP contribution is 2.23. The van der Waals surface area contributed by atoms with Gasteiger partial charge >= 0.3 is 0 Å². The molecule has 150 valence electrons. The van der Waals surface area contributed by atoms with Gasteiger partial charge in [0, 0.05) is 40.6 Å². The standard InChI is InChI=1S/C26H19N3O2/c30-25(21-11-10-19-6-1-2-7-20(19)15-21)28-24-9-3-8-23-22(24)12-14-29(26(23)31)17-18-5-4-13-27-16-18/h1-16H,17H2,(H,28,30). The highest BCUT2D eigenvalue weighted by molar-refractivity contribution is 6.10. The third-order valence-electron chi connectivity index (χ3n) is 5.35. The molecule has 0 saturated heterocycles. The Kier molecular flexibility index (Phi) is 4.77. The summed E-state index contributed by atoms with van der Waals surface area (Å²) in [5.41, 5.74) is 2.02. The second-order valence-corrected chi connectivity index (χ2v) is 7.39. The number of nitrogens with zero attached hydrogens (tertiary/aromatic N) is 2. The van der Waals surface area contributed by atoms with Crippen LogP contribution in [0.4, 0.5) is 5.69 Å². The molecule has 0 saturated carbocycles. The number of pyridine rings is 2. The van der Waals surface area contributed by atoms with Crippen molar-refractivity contribution in [3.63, 3.8) is 0 Å². The van der Waals surface area contributed by atoms with Gasteiger partial charge < -0.3 is 9.88 Å². The van der Waals surface area contributed by atoms with Crippen LogP contribution in [0.15, 0.2) is 102 Å². The molecule has 2 heterocycles. The normalized spacial score (nSPS) is 11.0. The zero-order valence-corrected chi connectivity index (χ0v) is 16.7. The molecule has 5 rings (SSSR count). The van der Waals surface area contributed by atoms with Gasteiger partial charge in [-0.3, -0.25) is 14.6 Å². The summed E-state index contributed by atoms with van der Waals surface area (Å²) in [4.78, 5) is 30.0. The lowest BCUT2D eigenvalue weighted by Gasteiger charge is -2.11. The molecule has 1 N–H and O–H groups in total. The summed E-state index contributed by atoms with van der Waals surface area (Å²) in [5, 5.41) is 6.32. The number of carbonyl (C=O) groups excluding carboxylic acids is 1. The molecule has 5 heteroatoms. The minimum Gasteiger partial charge on any atom is -0.321 e. The molecule has 3 aromatic carbocycles. The Morgan fingerprint density at radius 3 is 2.58 bits per heavy atom. The lowest BCUT2D eigenvalue weighted by Crippen LogP contribution is -2.20. The van der Waals surface area contributed by atoms with E-state index in [9.17, 15) is 9.59 Å². The van der Waals surface area contributed by atoms with Gasteiger partial charge in [0.15, 0.2) is 0 Å². The number of carbonyl (C=O) groups is 1. The molecule has 0 aliphatic carbocycles. The highest BCUT2D eigenvalue weighted by atomic mass is 16.1. The Hall–Kier alpha value is -4.25. The van der Waals surface area contributed by atoms with Crippen LogP contribution in [0.25, 0.3) is 21.5 Å². The van der Waals surface area contributed by atoms with Gasteiger partial charge in [-0.05, 0) is 52.7 Å². The SMILES string of the molecule is O=C(Nc1cccc2c(=O)n(Cc3cccnc3)ccc12)c1ccc2ccccc2c1. The van der Waals surface area contributed by atoms with Gasteiger partial charge in [-0.2, -0.15) is 0 Å². The van der Waals surface area contributed by atoms with Crippen molar-refractivity contribution in [2.24, 2.45) is 0 Å². The topological polar surface area (TPSA) is 64.0 Å². The van der Waals surface area contributed by atoms with Crippen molar-refractivity contribution in [2.75, 3.05) is 5.32 Å². The van der Waals surface area contributed by atoms with Gasteiger partial charge in [0.05, 0.1) is 6.54 Å². The molecule has 31 heavy (non-hydrogen) atoms. The van der Waals surface area contributed by atoms with Gasteiger partial charge in [0.1, 0.15) is 0 Å². The van der Waals surface area contributed by atoms with Crippen LogP contribution in [-0.2, 0) is 6.54 Å². The van der Waals surface area contributed by atoms with Gasteiger partial charge in [-0.25, -0.2) is 0 Å². The maximum atomic E-state index is 13.0. The van der Waals surface area contributed by atoms with E-state index in [1.807, 2.05) is 66.7 Å². The van der Waals surface area contributed by atoms with Crippen LogP contribution >= 0.6 is 0 Å². The highest BCUT2D eigenvalue weighted by Gasteiger charge is 2.11. The molecule has 0 bridgehead atoms. The average Bonchev–Trinajstić information content (AvgIpc) is 2.81. The van der Waals surface area contributed by atoms with Crippen LogP contribution < -0.4 is 10.9 Å². The van der Waals surface area contributed by atoms with E-state index < -0.39 is 0 Å². The number of amides is 1. The lowest BCUT2D eigenvalue weighted by molar-refractivity contribution is 0.102. The fraction of sp³-hybridized carbons (Fsp3) is 0.0385. The molecule has 2 aromatic heterocycles. The molecule has 5 aromatic rings. The Morgan fingerprint density at radius 1 is 0.871 bits per heavy atom. The molecule has 0 spiro atoms. The first-order chi connectivity index (χ1) is 15.2. The molecule has 0 radical (unpaired) electrons. The summed E-state index contributed by atoms with van der Waals surface area (Å²) in [6.45, 7) is 0.441. The predicted octanol–water partition coefficient (Wildman–Crippen LogP) is 4.85. The van der Waals surface area contributed by atoms with E-state index in [4.69, 9.17) is 0 Å². The molecular weight excluding hydrogens is 386 g/mol. The van der Waals surface area contributed by atoms with Crippen molar-refractivity contribution in [2.45, 2.75) is 6.54 Å². The van der Waals surface area contributed by atoms with E-state index in [1.54, 1.807) is 35.3 Å². The Labute approximate surface area is 178 Å². The minimum atomic E-state index is -0.210. The van der Waals surface area contributed by atoms with Crippen LogP contribution in [0.3, 0.4) is 0 Å². The first-order valence-corrected chi connectivity index (χ1v) is 10.0. The summed E-state index contributed by atoms with van der Waals surface area (Å²) in [7, 11) is 0. The maximum Gasteiger partial charge on any atom is 0.258 e. The third kappa shape index (κ3) is 3.69. The molecule has 0 aliphatic rings. The third-order valence-corrected chi connectivity index (χ3v) is 5.35. The smallest absolute Gasteiger partial charge is 0.258 e. The summed E-state index contributed by atoms with van der Waals surface area (Å²) >= 11 is 0. The van der Waals surface area contributed by atoms with E-state index in [1.165, 1.54) is 0 Å². The van der Waals surface area contributed by atoms with Gasteiger partial charge in [0.25, 0.3) is 11.5 Å². The lowest BCUT2D eigenvalue weighted by atomic mass is 10.1. The largest absolute Gasteiger partial charge is 0.321 e. The van der Waals surface area contributed by atoms with Gasteiger partial charge in [0.2, 0.25) is 0 Å². The first-order valence-electron chi connectivity index (χ1n) is 10.0. The second-order valence-electron chi connectivity index (χ2n) is 7.39. The molecule has 5 nitrogen and oxygen atoms in total. The monoisotopic (exact) mass is 405 g/mol. The number of hydrogen-bond acceptors (Lipinski definition) is 3. The van der Waals surface area contributed by atoms with Crippen molar-refractivity contribution in [3.8, 4) is 0 Å². The van der Waals surface area contributed by atoms with Gasteiger partial charge in [-0.15, -0.1) is 0 Å². The van der Waals surface area contributed by atoms with E-state index in [0.29, 0.717) is 28.6 Å². The Morgan fingerprint density at radius 2 is 1.74 bits per heavy atom. The number of aromatic nitrogens is 2. The van der Waals surface area contributed by atoms with E-state index in [0.717, 1.165) is 16.3 Å². The molecule has 1 amide bonds. The van der Waals surface area contributed by atoms with Gasteiger partial charge in [-0.1, -0.05) is 42.5 Å². The summed E-state index contributed by atoms with van der Waals surface area (Å²) in [6, 6.07) is 24.6. The van der Waals surface area contributed by atoms with Crippen LogP contribution in [0.5, 0.6) is 0 Å². The van der Waals surface area contributed by atoms with Crippen LogP contribution in [0.1, 0.15) is 15.9 Å². The number of benzene rings is 3. The van der Waals surface area contributed by atoms with Crippen LogP contribution in [0, 0.1) is 0 Å². The average molecular weight is 405 g/mol. The minimum absolute atomic E-state index is 0.108. The number of hydrogen-bond donors (Lipinski definition) is 1. The number of nitrogens with one attached hydrogen (secondary N) is 1. The predicted molar refractivity (Wildman–Crippen MR) is 123 cm³/mol. The number of rotatable bonds is 4. The number of anilines is 1. The molecule has 0 atom stereocenters. The first kappa shape index (κ1) is 18.8. The maximum absolute atomic E-state index is 13.0. The van der Waals surface area contributed by atoms with E-state index in [2.05, 4.69) is 10.3 Å². The molecule has 0 unspecified atom stereocenters. The van der Waals surface area contributed by atoms with Crippen molar-refractivity contribution >= 4 is 33.1 Å². The van der Waals surface area contributed by atoms with Crippen molar-refractivity contribution < 1.29 is 4.79 Å². The van der Waals surface area contributed by atoms with Crippen molar-refractivity contribution in [3.05, 3.63) is 119 Å². The zero-order valence-electron chi connectivity index (χ0n) is 16.7. The quantitative estimate of drug-likeness (QED) is 0.465. The van der Waals surface area contributed by atoms with E-state index in [-0.39, 0.29) is 11.5 Å². The fourth-order valence-electron chi connectivity index (χ4n) is 3.77. The second kappa shape index (κ2) is 7.88. The summed E-state index contributed by atoms with van der Waals surface area (Å²) in [6.07, 6.45) is 5.21. The molecular formula is C26H19N3O2. The van der Waals surface area contributed by atoms with Crippen LogP contribution in [-0.4, -0.2) is 15.5 Å². The summed E-state index contributed by atoms with van der Waals surface area (Å²) < 4.78 is 1.65. The number of fused-ring (bicyclic) bond motifs is 2. The molecule has 0 aliphatic heterocycles. The fourth-order valence-corrected chi connectivity index (χ4v) is 3.77. The zero-order chi connectivity index (χ0) is 21.2. The van der Waals surface area contributed by atoms with E-state index >= 15 is 0 Å². The Bertz CT molecular complexity index is 1470. The van der Waals surface area contributed by atoms with Crippen LogP contribution in [0.2, 0.25) is 0 Å². The summed E-state index contributed by atoms with van der Waals surface area (Å²) in [5.74, 6) is -0.210. The van der Waals surface area contributed by atoms with Crippen molar-refractivity contribution in [1.82, 2.24) is 9.55 Å². The molecule has 0 fully saturated rings. The Balaban J connectivity index is 1.47.